The first-order chi connectivity index (χ1) is 14.8. The number of aromatic hydroxyl groups is 1. The summed E-state index contributed by atoms with van der Waals surface area (Å²) in [6.07, 6.45) is 1.53. The number of phenols is 1. The topological polar surface area (TPSA) is 102 Å². The molecule has 8 nitrogen and oxygen atoms in total. The lowest BCUT2D eigenvalue weighted by Crippen LogP contribution is -2.17. The Morgan fingerprint density at radius 3 is 2.55 bits per heavy atom. The van der Waals surface area contributed by atoms with Crippen molar-refractivity contribution in [1.29, 1.82) is 0 Å². The number of aryl methyl sites for hydroxylation is 1. The molecule has 31 heavy (non-hydrogen) atoms. The monoisotopic (exact) mass is 421 g/mol. The van der Waals surface area contributed by atoms with E-state index in [1.807, 2.05) is 30.5 Å². The van der Waals surface area contributed by atoms with Crippen LogP contribution in [0.15, 0.2) is 53.6 Å². The van der Waals surface area contributed by atoms with Crippen LogP contribution < -0.4 is 10.2 Å². The summed E-state index contributed by atoms with van der Waals surface area (Å²) in [6.45, 7) is 3.85. The van der Waals surface area contributed by atoms with E-state index in [1.54, 1.807) is 24.3 Å². The molecule has 0 aliphatic heterocycles. The predicted molar refractivity (Wildman–Crippen MR) is 116 cm³/mol. The molecule has 1 aromatic heterocycles. The molecule has 3 aromatic rings. The maximum atomic E-state index is 12.3. The van der Waals surface area contributed by atoms with E-state index in [0.717, 1.165) is 22.6 Å². The maximum Gasteiger partial charge on any atom is 0.337 e. The van der Waals surface area contributed by atoms with Gasteiger partial charge in [0.25, 0.3) is 5.91 Å². The number of carbonyl (C=O) groups is 2. The van der Waals surface area contributed by atoms with Crippen LogP contribution in [0.2, 0.25) is 0 Å². The summed E-state index contributed by atoms with van der Waals surface area (Å²) in [5, 5.41) is 14.0. The second-order valence-electron chi connectivity index (χ2n) is 6.79. The molecule has 0 bridgehead atoms. The van der Waals surface area contributed by atoms with Gasteiger partial charge in [0, 0.05) is 28.7 Å². The van der Waals surface area contributed by atoms with Crippen LogP contribution >= 0.6 is 0 Å². The van der Waals surface area contributed by atoms with Gasteiger partial charge < -0.3 is 19.1 Å². The Morgan fingerprint density at radius 2 is 1.87 bits per heavy atom. The van der Waals surface area contributed by atoms with E-state index in [2.05, 4.69) is 10.5 Å². The molecule has 0 aliphatic rings. The number of rotatable bonds is 6. The molecule has 160 valence electrons. The Bertz CT molecular complexity index is 1160. The van der Waals surface area contributed by atoms with Gasteiger partial charge in [-0.1, -0.05) is 6.07 Å². The van der Waals surface area contributed by atoms with Gasteiger partial charge >= 0.3 is 5.97 Å². The van der Waals surface area contributed by atoms with Gasteiger partial charge in [-0.3, -0.25) is 4.79 Å². The van der Waals surface area contributed by atoms with Gasteiger partial charge in [0.05, 0.1) is 31.6 Å². The fourth-order valence-electron chi connectivity index (χ4n) is 3.26. The van der Waals surface area contributed by atoms with E-state index in [0.29, 0.717) is 11.3 Å². The molecule has 3 rings (SSSR count). The van der Waals surface area contributed by atoms with Crippen molar-refractivity contribution in [2.75, 3.05) is 14.2 Å². The highest BCUT2D eigenvalue weighted by molar-refractivity contribution is 5.97. The van der Waals surface area contributed by atoms with Crippen molar-refractivity contribution in [3.63, 3.8) is 0 Å². The van der Waals surface area contributed by atoms with Crippen LogP contribution in [-0.4, -0.2) is 42.0 Å². The Morgan fingerprint density at radius 1 is 1.10 bits per heavy atom. The fraction of sp³-hybridized carbons (Fsp3) is 0.174. The third-order valence-electron chi connectivity index (χ3n) is 4.81. The van der Waals surface area contributed by atoms with E-state index in [9.17, 15) is 14.7 Å². The lowest BCUT2D eigenvalue weighted by Gasteiger charge is -2.11. The number of hydrogen-bond acceptors (Lipinski definition) is 6. The molecule has 0 radical (unpaired) electrons. The number of esters is 1. The standard InChI is InChI=1S/C23H23N3O5/c1-14-10-17(13-24-25-22(28)20-9-8-19(30-3)12-21(20)27)15(2)26(14)18-7-5-6-16(11-18)23(29)31-4/h5-13,27H,1-4H3,(H,25,28)/b24-13-. The first kappa shape index (κ1) is 21.6. The fourth-order valence-corrected chi connectivity index (χ4v) is 3.26. The van der Waals surface area contributed by atoms with E-state index < -0.39 is 11.9 Å². The number of methoxy groups -OCH3 is 2. The number of phenolic OH excluding ortho intramolecular Hbond substituents is 1. The Kier molecular flexibility index (Phi) is 6.40. The smallest absolute Gasteiger partial charge is 0.337 e. The molecular formula is C23H23N3O5. The van der Waals surface area contributed by atoms with Crippen LogP contribution in [0.3, 0.4) is 0 Å². The van der Waals surface area contributed by atoms with E-state index in [4.69, 9.17) is 9.47 Å². The van der Waals surface area contributed by atoms with Crippen LogP contribution in [0.1, 0.15) is 37.7 Å². The number of benzene rings is 2. The molecule has 0 saturated heterocycles. The van der Waals surface area contributed by atoms with Gasteiger partial charge in [-0.05, 0) is 50.2 Å². The lowest BCUT2D eigenvalue weighted by atomic mass is 10.2. The van der Waals surface area contributed by atoms with Gasteiger partial charge in [0.15, 0.2) is 0 Å². The van der Waals surface area contributed by atoms with Crippen LogP contribution in [0, 0.1) is 13.8 Å². The number of amides is 1. The molecule has 1 amide bonds. The van der Waals surface area contributed by atoms with Crippen molar-refractivity contribution < 1.29 is 24.2 Å². The highest BCUT2D eigenvalue weighted by atomic mass is 16.5. The molecule has 2 aromatic carbocycles. The Labute approximate surface area is 179 Å². The summed E-state index contributed by atoms with van der Waals surface area (Å²) in [5.41, 5.74) is 6.36. The van der Waals surface area contributed by atoms with E-state index in [-0.39, 0.29) is 11.3 Å². The van der Waals surface area contributed by atoms with E-state index in [1.165, 1.54) is 32.6 Å². The number of hydrazone groups is 1. The third-order valence-corrected chi connectivity index (χ3v) is 4.81. The van der Waals surface area contributed by atoms with E-state index >= 15 is 0 Å². The first-order valence-corrected chi connectivity index (χ1v) is 9.43. The number of nitrogens with zero attached hydrogens (tertiary/aromatic N) is 2. The zero-order chi connectivity index (χ0) is 22.5. The lowest BCUT2D eigenvalue weighted by molar-refractivity contribution is 0.0600. The predicted octanol–water partition coefficient (Wildman–Crippen LogP) is 3.36. The van der Waals surface area contributed by atoms with Gasteiger partial charge in [-0.25, -0.2) is 10.2 Å². The first-order valence-electron chi connectivity index (χ1n) is 9.43. The zero-order valence-corrected chi connectivity index (χ0v) is 17.7. The Balaban J connectivity index is 1.80. The van der Waals surface area contributed by atoms with Crippen molar-refractivity contribution >= 4 is 18.1 Å². The highest BCUT2D eigenvalue weighted by Gasteiger charge is 2.13. The molecular weight excluding hydrogens is 398 g/mol. The molecule has 0 aliphatic carbocycles. The summed E-state index contributed by atoms with van der Waals surface area (Å²) in [7, 11) is 2.82. The number of hydrogen-bond donors (Lipinski definition) is 2. The molecule has 0 spiro atoms. The summed E-state index contributed by atoms with van der Waals surface area (Å²) in [6, 6.07) is 13.4. The van der Waals surface area contributed by atoms with Crippen molar-refractivity contribution in [2.24, 2.45) is 5.10 Å². The van der Waals surface area contributed by atoms with Crippen molar-refractivity contribution in [3.8, 4) is 17.2 Å². The summed E-state index contributed by atoms with van der Waals surface area (Å²) >= 11 is 0. The molecule has 0 atom stereocenters. The summed E-state index contributed by atoms with van der Waals surface area (Å²) in [4.78, 5) is 24.1. The zero-order valence-electron chi connectivity index (χ0n) is 17.7. The largest absolute Gasteiger partial charge is 0.507 e. The average molecular weight is 421 g/mol. The Hall–Kier alpha value is -4.07. The number of aromatic nitrogens is 1. The maximum absolute atomic E-state index is 12.3. The SMILES string of the molecule is COC(=O)c1cccc(-n2c(C)cc(/C=N\NC(=O)c3ccc(OC)cc3O)c2C)c1. The second kappa shape index (κ2) is 9.17. The second-order valence-corrected chi connectivity index (χ2v) is 6.79. The molecule has 2 N–H and O–H groups in total. The van der Waals surface area contributed by atoms with Crippen molar-refractivity contribution in [2.45, 2.75) is 13.8 Å². The van der Waals surface area contributed by atoms with Gasteiger partial charge in [0.2, 0.25) is 0 Å². The number of carbonyl (C=O) groups excluding carboxylic acids is 2. The van der Waals surface area contributed by atoms with Crippen molar-refractivity contribution in [3.05, 3.63) is 76.6 Å². The molecule has 1 heterocycles. The van der Waals surface area contributed by atoms with Crippen LogP contribution in [0.4, 0.5) is 0 Å². The molecule has 8 heteroatoms. The average Bonchev–Trinajstić information content (AvgIpc) is 3.05. The molecule has 0 fully saturated rings. The van der Waals surface area contributed by atoms with Crippen LogP contribution in [-0.2, 0) is 4.74 Å². The number of nitrogens with one attached hydrogen (secondary N) is 1. The third kappa shape index (κ3) is 4.58. The minimum atomic E-state index is -0.545. The molecule has 0 saturated carbocycles. The van der Waals surface area contributed by atoms with Crippen molar-refractivity contribution in [1.82, 2.24) is 9.99 Å². The van der Waals surface area contributed by atoms with Crippen LogP contribution in [0.25, 0.3) is 5.69 Å². The number of ether oxygens (including phenoxy) is 2. The quantitative estimate of drug-likeness (QED) is 0.361. The molecule has 0 unspecified atom stereocenters. The normalized spacial score (nSPS) is 10.8. The highest BCUT2D eigenvalue weighted by Crippen LogP contribution is 2.23. The van der Waals surface area contributed by atoms with Gasteiger partial charge in [-0.15, -0.1) is 0 Å². The summed E-state index contributed by atoms with van der Waals surface area (Å²) in [5.74, 6) is -0.705. The van der Waals surface area contributed by atoms with Gasteiger partial charge in [0.1, 0.15) is 11.5 Å². The van der Waals surface area contributed by atoms with Gasteiger partial charge in [-0.2, -0.15) is 5.10 Å². The minimum absolute atomic E-state index is 0.0862. The minimum Gasteiger partial charge on any atom is -0.507 e. The summed E-state index contributed by atoms with van der Waals surface area (Å²) < 4.78 is 11.8. The van der Waals surface area contributed by atoms with Crippen LogP contribution in [0.5, 0.6) is 11.5 Å².